The molecule has 0 saturated heterocycles. The molecule has 0 aliphatic carbocycles. The zero-order chi connectivity index (χ0) is 15.5. The number of ether oxygens (including phenoxy) is 1. The van der Waals surface area contributed by atoms with E-state index in [4.69, 9.17) is 4.74 Å². The molecule has 0 spiro atoms. The van der Waals surface area contributed by atoms with E-state index >= 15 is 0 Å². The molecule has 2 aromatic rings. The van der Waals surface area contributed by atoms with Gasteiger partial charge in [0.05, 0.1) is 17.9 Å². The maximum atomic E-state index is 12.3. The van der Waals surface area contributed by atoms with Gasteiger partial charge in [0.25, 0.3) is 5.91 Å². The van der Waals surface area contributed by atoms with E-state index < -0.39 is 0 Å². The highest BCUT2D eigenvalue weighted by Crippen LogP contribution is 2.29. The Balaban J connectivity index is 1.64. The van der Waals surface area contributed by atoms with Crippen molar-refractivity contribution in [3.05, 3.63) is 47.0 Å². The van der Waals surface area contributed by atoms with Crippen LogP contribution in [0.15, 0.2) is 24.5 Å². The summed E-state index contributed by atoms with van der Waals surface area (Å²) in [6.45, 7) is 4.56. The van der Waals surface area contributed by atoms with Crippen molar-refractivity contribution >= 4 is 5.91 Å². The zero-order valence-corrected chi connectivity index (χ0v) is 12.8. The van der Waals surface area contributed by atoms with Crippen LogP contribution in [0.5, 0.6) is 0 Å². The molecule has 1 aliphatic rings. The molecule has 0 radical (unpaired) electrons. The van der Waals surface area contributed by atoms with Crippen molar-refractivity contribution in [2.24, 2.45) is 0 Å². The van der Waals surface area contributed by atoms with Crippen molar-refractivity contribution in [2.75, 3.05) is 6.54 Å². The molecule has 6 nitrogen and oxygen atoms in total. The van der Waals surface area contributed by atoms with Crippen molar-refractivity contribution in [1.82, 2.24) is 20.5 Å². The zero-order valence-electron chi connectivity index (χ0n) is 12.8. The molecule has 6 heteroatoms. The van der Waals surface area contributed by atoms with Crippen LogP contribution in [0.3, 0.4) is 0 Å². The lowest BCUT2D eigenvalue weighted by molar-refractivity contribution is -0.00697. The third-order valence-electron chi connectivity index (χ3n) is 3.90. The number of hydrogen-bond donors (Lipinski definition) is 2. The third-order valence-corrected chi connectivity index (χ3v) is 3.90. The smallest absolute Gasteiger partial charge is 0.272 e. The Labute approximate surface area is 129 Å². The second-order valence-electron chi connectivity index (χ2n) is 5.62. The molecule has 0 aromatic carbocycles. The highest BCUT2D eigenvalue weighted by atomic mass is 16.5. The summed E-state index contributed by atoms with van der Waals surface area (Å²) in [7, 11) is 0. The van der Waals surface area contributed by atoms with Crippen LogP contribution in [0.4, 0.5) is 0 Å². The first-order valence-electron chi connectivity index (χ1n) is 7.55. The Hall–Kier alpha value is -2.21. The van der Waals surface area contributed by atoms with Gasteiger partial charge < -0.3 is 10.1 Å². The first-order chi connectivity index (χ1) is 10.6. The van der Waals surface area contributed by atoms with Gasteiger partial charge in [-0.3, -0.25) is 14.9 Å². The lowest BCUT2D eigenvalue weighted by Crippen LogP contribution is -2.29. The molecule has 1 aliphatic heterocycles. The molecule has 0 unspecified atom stereocenters. The molecule has 0 bridgehead atoms. The lowest BCUT2D eigenvalue weighted by Gasteiger charge is -2.25. The van der Waals surface area contributed by atoms with Crippen LogP contribution >= 0.6 is 0 Å². The summed E-state index contributed by atoms with van der Waals surface area (Å²) >= 11 is 0. The van der Waals surface area contributed by atoms with E-state index in [1.54, 1.807) is 12.4 Å². The van der Waals surface area contributed by atoms with Gasteiger partial charge >= 0.3 is 0 Å². The summed E-state index contributed by atoms with van der Waals surface area (Å²) in [6, 6.07) is 3.90. The number of carbonyl (C=O) groups is 1. The average Bonchev–Trinajstić information content (AvgIpc) is 2.92. The van der Waals surface area contributed by atoms with Crippen LogP contribution in [0, 0.1) is 0 Å². The van der Waals surface area contributed by atoms with Gasteiger partial charge in [-0.2, -0.15) is 5.10 Å². The molecular formula is C16H20N4O2. The van der Waals surface area contributed by atoms with Crippen LogP contribution in [0.2, 0.25) is 0 Å². The number of fused-ring (bicyclic) bond motifs is 1. The molecule has 116 valence electrons. The number of hydrogen-bond acceptors (Lipinski definition) is 4. The van der Waals surface area contributed by atoms with Crippen molar-refractivity contribution in [3.8, 4) is 0 Å². The number of rotatable bonds is 4. The van der Waals surface area contributed by atoms with Gasteiger partial charge in [-0.25, -0.2) is 0 Å². The van der Waals surface area contributed by atoms with Crippen LogP contribution < -0.4 is 5.32 Å². The fourth-order valence-electron chi connectivity index (χ4n) is 2.81. The van der Waals surface area contributed by atoms with E-state index in [1.165, 1.54) is 0 Å². The fourth-order valence-corrected chi connectivity index (χ4v) is 2.81. The molecule has 2 aromatic heterocycles. The van der Waals surface area contributed by atoms with Crippen molar-refractivity contribution in [1.29, 1.82) is 0 Å². The standard InChI is InChI=1S/C16H20N4O2/c1-10-9-13-14(11(2)22-10)19-20-15(13)16(21)18-8-5-12-3-6-17-7-4-12/h3-4,6-7,10-11H,5,8-9H2,1-2H3,(H,18,21)(H,19,20)/t10-,11+/m1/s1. The van der Waals surface area contributed by atoms with Crippen molar-refractivity contribution < 1.29 is 9.53 Å². The second-order valence-corrected chi connectivity index (χ2v) is 5.62. The number of nitrogens with one attached hydrogen (secondary N) is 2. The van der Waals surface area contributed by atoms with Crippen molar-refractivity contribution in [3.63, 3.8) is 0 Å². The lowest BCUT2D eigenvalue weighted by atomic mass is 9.99. The molecular weight excluding hydrogens is 280 g/mol. The topological polar surface area (TPSA) is 79.9 Å². The number of carbonyl (C=O) groups excluding carboxylic acids is 1. The van der Waals surface area contributed by atoms with Crippen molar-refractivity contribution in [2.45, 2.75) is 38.9 Å². The van der Waals surface area contributed by atoms with Gasteiger partial charge in [-0.1, -0.05) is 0 Å². The Morgan fingerprint density at radius 1 is 1.41 bits per heavy atom. The summed E-state index contributed by atoms with van der Waals surface area (Å²) in [4.78, 5) is 16.3. The van der Waals surface area contributed by atoms with Crippen LogP contribution in [0.25, 0.3) is 0 Å². The minimum Gasteiger partial charge on any atom is -0.369 e. The van der Waals surface area contributed by atoms with Gasteiger partial charge in [0, 0.05) is 30.9 Å². The van der Waals surface area contributed by atoms with E-state index in [1.807, 2.05) is 26.0 Å². The molecule has 0 fully saturated rings. The van der Waals surface area contributed by atoms with E-state index in [9.17, 15) is 4.79 Å². The number of amides is 1. The Kier molecular flexibility index (Phi) is 4.20. The number of nitrogens with zero attached hydrogens (tertiary/aromatic N) is 2. The summed E-state index contributed by atoms with van der Waals surface area (Å²) in [5, 5.41) is 10.1. The van der Waals surface area contributed by atoms with E-state index in [0.717, 1.165) is 23.2 Å². The first-order valence-corrected chi connectivity index (χ1v) is 7.55. The fraction of sp³-hybridized carbons (Fsp3) is 0.438. The maximum absolute atomic E-state index is 12.3. The molecule has 0 saturated carbocycles. The molecule has 3 heterocycles. The van der Waals surface area contributed by atoms with E-state index in [-0.39, 0.29) is 18.1 Å². The Morgan fingerprint density at radius 2 is 2.18 bits per heavy atom. The SMILES string of the molecule is C[C@@H]1Cc2c(C(=O)NCCc3ccncc3)n[nH]c2[C@H](C)O1. The maximum Gasteiger partial charge on any atom is 0.272 e. The monoisotopic (exact) mass is 300 g/mol. The molecule has 2 atom stereocenters. The van der Waals surface area contributed by atoms with E-state index in [0.29, 0.717) is 18.7 Å². The quantitative estimate of drug-likeness (QED) is 0.902. The number of aromatic nitrogens is 3. The minimum atomic E-state index is -0.132. The molecule has 22 heavy (non-hydrogen) atoms. The summed E-state index contributed by atoms with van der Waals surface area (Å²) in [5.41, 5.74) is 3.53. The number of H-pyrrole nitrogens is 1. The predicted octanol–water partition coefficient (Wildman–Crippen LogP) is 1.80. The Morgan fingerprint density at radius 3 is 2.95 bits per heavy atom. The normalized spacial score (nSPS) is 20.5. The Bertz CT molecular complexity index is 653. The minimum absolute atomic E-state index is 0.0513. The van der Waals surface area contributed by atoms with Gasteiger partial charge in [0.2, 0.25) is 0 Å². The molecule has 1 amide bonds. The predicted molar refractivity (Wildman–Crippen MR) is 81.5 cm³/mol. The van der Waals surface area contributed by atoms with Gasteiger partial charge in [-0.05, 0) is 38.0 Å². The van der Waals surface area contributed by atoms with Crippen LogP contribution in [-0.2, 0) is 17.6 Å². The first kappa shape index (κ1) is 14.7. The third kappa shape index (κ3) is 3.01. The van der Waals surface area contributed by atoms with E-state index in [2.05, 4.69) is 20.5 Å². The summed E-state index contributed by atoms with van der Waals surface area (Å²) < 4.78 is 5.74. The highest BCUT2D eigenvalue weighted by molar-refractivity contribution is 5.94. The molecule has 2 N–H and O–H groups in total. The van der Waals surface area contributed by atoms with Crippen LogP contribution in [0.1, 0.15) is 47.3 Å². The van der Waals surface area contributed by atoms with Gasteiger partial charge in [0.15, 0.2) is 5.69 Å². The van der Waals surface area contributed by atoms with Crippen LogP contribution in [-0.4, -0.2) is 33.7 Å². The average molecular weight is 300 g/mol. The summed E-state index contributed by atoms with van der Waals surface area (Å²) in [6.07, 6.45) is 5.04. The number of pyridine rings is 1. The largest absolute Gasteiger partial charge is 0.369 e. The highest BCUT2D eigenvalue weighted by Gasteiger charge is 2.29. The van der Waals surface area contributed by atoms with Gasteiger partial charge in [-0.15, -0.1) is 0 Å². The number of aromatic amines is 1. The molecule has 3 rings (SSSR count). The van der Waals surface area contributed by atoms with Gasteiger partial charge in [0.1, 0.15) is 0 Å². The summed E-state index contributed by atoms with van der Waals surface area (Å²) in [5.74, 6) is -0.132. The second kappa shape index (κ2) is 6.27.